The number of rotatable bonds is 3. The monoisotopic (exact) mass is 272 g/mol. The highest BCUT2D eigenvalue weighted by Gasteiger charge is 2.15. The van der Waals surface area contributed by atoms with Gasteiger partial charge in [0, 0.05) is 6.20 Å². The fourth-order valence-corrected chi connectivity index (χ4v) is 1.84. The molecule has 2 aromatic rings. The first-order valence-corrected chi connectivity index (χ1v) is 6.11. The first-order chi connectivity index (χ1) is 9.52. The Hall–Kier alpha value is -2.56. The average molecular weight is 272 g/mol. The van der Waals surface area contributed by atoms with Crippen LogP contribution in [-0.4, -0.2) is 18.1 Å². The normalized spacial score (nSPS) is 10.2. The molecule has 0 saturated carbocycles. The lowest BCUT2D eigenvalue weighted by molar-refractivity contribution is 0.0601. The molecule has 0 aliphatic rings. The number of nitrogens with two attached hydrogens (primary N) is 1. The summed E-state index contributed by atoms with van der Waals surface area (Å²) in [4.78, 5) is 15.6. The number of anilines is 1. The van der Waals surface area contributed by atoms with Gasteiger partial charge in [0.1, 0.15) is 11.4 Å². The van der Waals surface area contributed by atoms with E-state index in [1.165, 1.54) is 19.4 Å². The lowest BCUT2D eigenvalue weighted by Gasteiger charge is -2.11. The number of carbonyl (C=O) groups excluding carboxylic acids is 1. The highest BCUT2D eigenvalue weighted by Crippen LogP contribution is 2.30. The van der Waals surface area contributed by atoms with Crippen molar-refractivity contribution in [3.8, 4) is 11.6 Å². The lowest BCUT2D eigenvalue weighted by atomic mass is 10.1. The van der Waals surface area contributed by atoms with E-state index in [-0.39, 0.29) is 17.1 Å². The summed E-state index contributed by atoms with van der Waals surface area (Å²) in [6, 6.07) is 7.27. The summed E-state index contributed by atoms with van der Waals surface area (Å²) < 4.78 is 10.3. The Morgan fingerprint density at radius 2 is 2.00 bits per heavy atom. The number of ether oxygens (including phenoxy) is 2. The Morgan fingerprint density at radius 1 is 1.25 bits per heavy atom. The van der Waals surface area contributed by atoms with Gasteiger partial charge in [0.15, 0.2) is 0 Å². The summed E-state index contributed by atoms with van der Waals surface area (Å²) in [5.74, 6) is 0.326. The number of aromatic nitrogens is 1. The third-order valence-corrected chi connectivity index (χ3v) is 2.90. The molecule has 0 radical (unpaired) electrons. The van der Waals surface area contributed by atoms with Crippen LogP contribution in [0.3, 0.4) is 0 Å². The molecule has 0 bridgehead atoms. The maximum Gasteiger partial charge on any atom is 0.340 e. The largest absolute Gasteiger partial charge is 0.465 e. The van der Waals surface area contributed by atoms with Gasteiger partial charge in [0.25, 0.3) is 0 Å². The fraction of sp³-hybridized carbons (Fsp3) is 0.200. The van der Waals surface area contributed by atoms with Gasteiger partial charge in [0.05, 0.1) is 12.7 Å². The molecule has 0 aliphatic carbocycles. The van der Waals surface area contributed by atoms with Crippen molar-refractivity contribution in [2.75, 3.05) is 12.8 Å². The molecule has 5 nitrogen and oxygen atoms in total. The van der Waals surface area contributed by atoms with Crippen molar-refractivity contribution in [3.63, 3.8) is 0 Å². The zero-order chi connectivity index (χ0) is 14.7. The van der Waals surface area contributed by atoms with E-state index in [2.05, 4.69) is 9.72 Å². The molecule has 0 fully saturated rings. The number of pyridine rings is 1. The molecule has 0 saturated heterocycles. The van der Waals surface area contributed by atoms with E-state index in [9.17, 15) is 4.79 Å². The van der Waals surface area contributed by atoms with Crippen LogP contribution in [0.4, 0.5) is 5.69 Å². The second kappa shape index (κ2) is 5.61. The van der Waals surface area contributed by atoms with Crippen LogP contribution in [0, 0.1) is 13.8 Å². The van der Waals surface area contributed by atoms with Gasteiger partial charge in [-0.1, -0.05) is 17.7 Å². The van der Waals surface area contributed by atoms with Crippen LogP contribution in [-0.2, 0) is 4.74 Å². The van der Waals surface area contributed by atoms with Crippen LogP contribution in [0.5, 0.6) is 11.6 Å². The van der Waals surface area contributed by atoms with Crippen LogP contribution in [0.1, 0.15) is 21.5 Å². The second-order valence-electron chi connectivity index (χ2n) is 4.44. The minimum absolute atomic E-state index is 0.166. The Balaban J connectivity index is 2.37. The smallest absolute Gasteiger partial charge is 0.340 e. The Labute approximate surface area is 117 Å². The number of aryl methyl sites for hydroxylation is 2. The van der Waals surface area contributed by atoms with Gasteiger partial charge in [-0.05, 0) is 31.5 Å². The lowest BCUT2D eigenvalue weighted by Crippen LogP contribution is -2.07. The maximum atomic E-state index is 11.6. The molecule has 5 heteroatoms. The molecule has 2 rings (SSSR count). The topological polar surface area (TPSA) is 74.4 Å². The number of esters is 1. The van der Waals surface area contributed by atoms with Crippen molar-refractivity contribution in [3.05, 3.63) is 47.2 Å². The van der Waals surface area contributed by atoms with Gasteiger partial charge in [-0.3, -0.25) is 0 Å². The standard InChI is InChI=1S/C15H16N2O3/c1-9-4-5-12(10(2)8-9)20-14-13(16)11(6-7-17-14)15(18)19-3/h4-8H,16H2,1-3H3. The van der Waals surface area contributed by atoms with Gasteiger partial charge in [-0.15, -0.1) is 0 Å². The van der Waals surface area contributed by atoms with E-state index in [0.29, 0.717) is 5.75 Å². The van der Waals surface area contributed by atoms with E-state index in [1.54, 1.807) is 0 Å². The zero-order valence-corrected chi connectivity index (χ0v) is 11.6. The predicted molar refractivity (Wildman–Crippen MR) is 76.0 cm³/mol. The molecular formula is C15H16N2O3. The van der Waals surface area contributed by atoms with Gasteiger partial charge < -0.3 is 15.2 Å². The molecular weight excluding hydrogens is 256 g/mol. The maximum absolute atomic E-state index is 11.6. The Bertz CT molecular complexity index is 654. The molecule has 1 aromatic heterocycles. The van der Waals surface area contributed by atoms with Crippen molar-refractivity contribution >= 4 is 11.7 Å². The summed E-state index contributed by atoms with van der Waals surface area (Å²) in [6.07, 6.45) is 1.46. The molecule has 1 aromatic carbocycles. The van der Waals surface area contributed by atoms with Gasteiger partial charge in [-0.2, -0.15) is 0 Å². The molecule has 20 heavy (non-hydrogen) atoms. The van der Waals surface area contributed by atoms with E-state index in [1.807, 2.05) is 32.0 Å². The van der Waals surface area contributed by atoms with Crippen molar-refractivity contribution < 1.29 is 14.3 Å². The predicted octanol–water partition coefficient (Wildman–Crippen LogP) is 2.86. The van der Waals surface area contributed by atoms with Crippen molar-refractivity contribution in [1.29, 1.82) is 0 Å². The van der Waals surface area contributed by atoms with Gasteiger partial charge >= 0.3 is 5.97 Å². The first-order valence-electron chi connectivity index (χ1n) is 6.11. The van der Waals surface area contributed by atoms with Crippen LogP contribution in [0.15, 0.2) is 30.5 Å². The van der Waals surface area contributed by atoms with Crippen LogP contribution in [0.2, 0.25) is 0 Å². The fourth-order valence-electron chi connectivity index (χ4n) is 1.84. The Morgan fingerprint density at radius 3 is 2.65 bits per heavy atom. The minimum atomic E-state index is -0.518. The molecule has 0 unspecified atom stereocenters. The summed E-state index contributed by atoms with van der Waals surface area (Å²) in [6.45, 7) is 3.93. The highest BCUT2D eigenvalue weighted by molar-refractivity contribution is 5.96. The molecule has 0 atom stereocenters. The third kappa shape index (κ3) is 2.71. The quantitative estimate of drug-likeness (QED) is 0.869. The Kier molecular flexibility index (Phi) is 3.89. The number of methoxy groups -OCH3 is 1. The molecule has 2 N–H and O–H groups in total. The SMILES string of the molecule is COC(=O)c1ccnc(Oc2ccc(C)cc2C)c1N. The van der Waals surface area contributed by atoms with E-state index >= 15 is 0 Å². The second-order valence-corrected chi connectivity index (χ2v) is 4.44. The van der Waals surface area contributed by atoms with Crippen LogP contribution < -0.4 is 10.5 Å². The molecule has 0 amide bonds. The summed E-state index contributed by atoms with van der Waals surface area (Å²) in [5.41, 5.74) is 8.41. The summed E-state index contributed by atoms with van der Waals surface area (Å²) in [7, 11) is 1.30. The van der Waals surface area contributed by atoms with E-state index in [0.717, 1.165) is 11.1 Å². The number of nitrogens with zero attached hydrogens (tertiary/aromatic N) is 1. The summed E-state index contributed by atoms with van der Waals surface area (Å²) in [5, 5.41) is 0. The number of nitrogen functional groups attached to an aromatic ring is 1. The van der Waals surface area contributed by atoms with Crippen LogP contribution in [0.25, 0.3) is 0 Å². The zero-order valence-electron chi connectivity index (χ0n) is 11.6. The number of benzene rings is 1. The first kappa shape index (κ1) is 13.9. The van der Waals surface area contributed by atoms with E-state index in [4.69, 9.17) is 10.5 Å². The number of hydrogen-bond acceptors (Lipinski definition) is 5. The minimum Gasteiger partial charge on any atom is -0.465 e. The number of hydrogen-bond donors (Lipinski definition) is 1. The van der Waals surface area contributed by atoms with Gasteiger partial charge in [0.2, 0.25) is 5.88 Å². The van der Waals surface area contributed by atoms with E-state index < -0.39 is 5.97 Å². The molecule has 0 aliphatic heterocycles. The molecule has 104 valence electrons. The molecule has 1 heterocycles. The third-order valence-electron chi connectivity index (χ3n) is 2.90. The summed E-state index contributed by atoms with van der Waals surface area (Å²) >= 11 is 0. The van der Waals surface area contributed by atoms with Crippen molar-refractivity contribution in [2.45, 2.75) is 13.8 Å². The van der Waals surface area contributed by atoms with Crippen LogP contribution >= 0.6 is 0 Å². The van der Waals surface area contributed by atoms with Gasteiger partial charge in [-0.25, -0.2) is 9.78 Å². The number of carbonyl (C=O) groups is 1. The van der Waals surface area contributed by atoms with Crippen molar-refractivity contribution in [1.82, 2.24) is 4.98 Å². The van der Waals surface area contributed by atoms with Crippen molar-refractivity contribution in [2.24, 2.45) is 0 Å². The average Bonchev–Trinajstić information content (AvgIpc) is 2.43. The highest BCUT2D eigenvalue weighted by atomic mass is 16.5. The molecule has 0 spiro atoms.